The molecule has 2 aromatic rings. The first-order valence-electron chi connectivity index (χ1n) is 15.9. The fourth-order valence-corrected chi connectivity index (χ4v) is 7.67. The van der Waals surface area contributed by atoms with Gasteiger partial charge in [0.2, 0.25) is 5.91 Å². The fraction of sp³-hybridized carbons (Fsp3) is 0.656. The van der Waals surface area contributed by atoms with E-state index < -0.39 is 5.82 Å². The normalized spacial score (nSPS) is 25.2. The van der Waals surface area contributed by atoms with Gasteiger partial charge >= 0.3 is 0 Å². The molecule has 0 atom stereocenters. The van der Waals surface area contributed by atoms with E-state index in [-0.39, 0.29) is 46.0 Å². The molecule has 0 unspecified atom stereocenters. The lowest BCUT2D eigenvalue weighted by Crippen LogP contribution is -2.61. The van der Waals surface area contributed by atoms with E-state index in [9.17, 15) is 14.0 Å². The van der Waals surface area contributed by atoms with Crippen molar-refractivity contribution < 1.29 is 18.7 Å². The van der Waals surface area contributed by atoms with Gasteiger partial charge in [0, 0.05) is 49.6 Å². The Morgan fingerprint density at radius 3 is 2.56 bits per heavy atom. The van der Waals surface area contributed by atoms with Gasteiger partial charge in [-0.2, -0.15) is 0 Å². The lowest BCUT2D eigenvalue weighted by Gasteiger charge is -2.54. The number of hydrogen-bond donors (Lipinski definition) is 1. The summed E-state index contributed by atoms with van der Waals surface area (Å²) in [4.78, 5) is 36.0. The van der Waals surface area contributed by atoms with Gasteiger partial charge in [0.25, 0.3) is 11.8 Å². The second kappa shape index (κ2) is 12.0. The van der Waals surface area contributed by atoms with Gasteiger partial charge in [-0.1, -0.05) is 0 Å². The van der Waals surface area contributed by atoms with E-state index in [0.29, 0.717) is 18.8 Å². The molecule has 1 aromatic carbocycles. The third-order valence-corrected chi connectivity index (χ3v) is 10.3. The molecule has 43 heavy (non-hydrogen) atoms. The van der Waals surface area contributed by atoms with Crippen LogP contribution in [0.3, 0.4) is 0 Å². The number of amides is 2. The SMILES string of the molecule is CCN(C(=O)c1cc(F)ccc1Oc1nncnc1N1CC2(CCN(C[C@H]3CC[C@@]4(CCC(=O)N4)CC3)CC2)C1)C(C)C. The number of benzene rings is 1. The van der Waals surface area contributed by atoms with Crippen molar-refractivity contribution in [2.24, 2.45) is 11.3 Å². The largest absolute Gasteiger partial charge is 0.434 e. The molecule has 4 heterocycles. The molecular weight excluding hydrogens is 549 g/mol. The first kappa shape index (κ1) is 29.7. The zero-order valence-corrected chi connectivity index (χ0v) is 25.6. The minimum absolute atomic E-state index is 0.0398. The number of halogens is 1. The van der Waals surface area contributed by atoms with Crippen LogP contribution >= 0.6 is 0 Å². The maximum atomic E-state index is 14.2. The molecule has 10 nitrogen and oxygen atoms in total. The number of nitrogens with zero attached hydrogens (tertiary/aromatic N) is 6. The van der Waals surface area contributed by atoms with Gasteiger partial charge in [-0.3, -0.25) is 9.59 Å². The lowest BCUT2D eigenvalue weighted by atomic mass is 9.71. The third-order valence-electron chi connectivity index (χ3n) is 10.3. The quantitative estimate of drug-likeness (QED) is 0.480. The minimum Gasteiger partial charge on any atom is -0.434 e. The van der Waals surface area contributed by atoms with Gasteiger partial charge in [0.15, 0.2) is 5.82 Å². The summed E-state index contributed by atoms with van der Waals surface area (Å²) in [5.41, 5.74) is 0.491. The molecule has 3 saturated heterocycles. The number of ether oxygens (including phenoxy) is 1. The van der Waals surface area contributed by atoms with Gasteiger partial charge in [-0.15, -0.1) is 10.2 Å². The van der Waals surface area contributed by atoms with Crippen molar-refractivity contribution >= 4 is 17.6 Å². The Labute approximate surface area is 253 Å². The summed E-state index contributed by atoms with van der Waals surface area (Å²) in [5.74, 6) is 1.20. The Kier molecular flexibility index (Phi) is 8.28. The highest BCUT2D eigenvalue weighted by atomic mass is 19.1. The van der Waals surface area contributed by atoms with Crippen molar-refractivity contribution in [1.29, 1.82) is 0 Å². The van der Waals surface area contributed by atoms with Gasteiger partial charge < -0.3 is 24.8 Å². The molecule has 2 spiro atoms. The number of aromatic nitrogens is 3. The van der Waals surface area contributed by atoms with E-state index in [1.807, 2.05) is 20.8 Å². The van der Waals surface area contributed by atoms with Crippen molar-refractivity contribution in [3.05, 3.63) is 35.9 Å². The molecule has 2 amide bonds. The average molecular weight is 594 g/mol. The molecule has 1 saturated carbocycles. The lowest BCUT2D eigenvalue weighted by molar-refractivity contribution is -0.120. The number of likely N-dealkylation sites (tertiary alicyclic amines) is 1. The van der Waals surface area contributed by atoms with E-state index in [1.165, 1.54) is 37.4 Å². The number of carbonyl (C=O) groups excluding carboxylic acids is 2. The first-order valence-corrected chi connectivity index (χ1v) is 15.9. The standard InChI is InChI=1S/C32H44FN7O3/c1-4-40(22(2)3)30(42)25-17-24(33)5-6-26(25)43-29-28(34-21-35-37-29)39-19-31(20-39)13-15-38(16-14-31)18-23-7-10-32(11-8-23)12-9-27(41)36-32/h5-6,17,21-23H,4,7-16,18-20H2,1-3H3,(H,36,41)/t23-,32-. The smallest absolute Gasteiger partial charge is 0.282 e. The molecule has 0 radical (unpaired) electrons. The minimum atomic E-state index is -0.501. The summed E-state index contributed by atoms with van der Waals surface area (Å²) < 4.78 is 20.4. The van der Waals surface area contributed by atoms with Crippen LogP contribution in [0.2, 0.25) is 0 Å². The average Bonchev–Trinajstić information content (AvgIpc) is 3.34. The summed E-state index contributed by atoms with van der Waals surface area (Å²) in [7, 11) is 0. The monoisotopic (exact) mass is 593 g/mol. The second-order valence-electron chi connectivity index (χ2n) is 13.4. The van der Waals surface area contributed by atoms with Gasteiger partial charge in [0.05, 0.1) is 5.56 Å². The molecule has 0 bridgehead atoms. The van der Waals surface area contributed by atoms with Gasteiger partial charge in [-0.05, 0) is 103 Å². The molecule has 232 valence electrons. The van der Waals surface area contributed by atoms with E-state index in [1.54, 1.807) is 4.90 Å². The molecule has 4 fully saturated rings. The van der Waals surface area contributed by atoms with Crippen LogP contribution in [0.15, 0.2) is 24.5 Å². The van der Waals surface area contributed by atoms with Crippen LogP contribution in [0.25, 0.3) is 0 Å². The summed E-state index contributed by atoms with van der Waals surface area (Å²) in [6.45, 7) is 11.3. The molecule has 1 aromatic heterocycles. The van der Waals surface area contributed by atoms with Crippen LogP contribution in [-0.4, -0.2) is 87.6 Å². The first-order chi connectivity index (χ1) is 20.7. The molecular formula is C32H44FN7O3. The van der Waals surface area contributed by atoms with Gasteiger partial charge in [-0.25, -0.2) is 9.37 Å². The fourth-order valence-electron chi connectivity index (χ4n) is 7.67. The Hall–Kier alpha value is -3.34. The highest BCUT2D eigenvalue weighted by molar-refractivity contribution is 5.97. The van der Waals surface area contributed by atoms with Crippen molar-refractivity contribution in [1.82, 2.24) is 30.3 Å². The molecule has 1 aliphatic carbocycles. The third kappa shape index (κ3) is 6.18. The van der Waals surface area contributed by atoms with Crippen molar-refractivity contribution in [2.75, 3.05) is 44.2 Å². The molecule has 1 N–H and O–H groups in total. The van der Waals surface area contributed by atoms with Crippen LogP contribution in [0.1, 0.15) is 82.5 Å². The number of anilines is 1. The summed E-state index contributed by atoms with van der Waals surface area (Å²) in [6, 6.07) is 3.93. The predicted molar refractivity (Wildman–Crippen MR) is 161 cm³/mol. The highest BCUT2D eigenvalue weighted by Gasteiger charge is 2.47. The number of rotatable bonds is 8. The second-order valence-corrected chi connectivity index (χ2v) is 13.4. The zero-order valence-electron chi connectivity index (χ0n) is 25.6. The summed E-state index contributed by atoms with van der Waals surface area (Å²) in [6.07, 6.45) is 10.0. The highest BCUT2D eigenvalue weighted by Crippen LogP contribution is 2.45. The van der Waals surface area contributed by atoms with E-state index >= 15 is 0 Å². The van der Waals surface area contributed by atoms with Crippen LogP contribution in [0.4, 0.5) is 10.2 Å². The number of nitrogens with one attached hydrogen (secondary N) is 1. The van der Waals surface area contributed by atoms with Crippen LogP contribution in [-0.2, 0) is 4.79 Å². The van der Waals surface area contributed by atoms with E-state index in [4.69, 9.17) is 4.74 Å². The molecule has 11 heteroatoms. The van der Waals surface area contributed by atoms with Crippen LogP contribution < -0.4 is 15.0 Å². The number of hydrogen-bond acceptors (Lipinski definition) is 8. The van der Waals surface area contributed by atoms with Crippen molar-refractivity contribution in [2.45, 2.75) is 83.7 Å². The molecule has 4 aliphatic rings. The Morgan fingerprint density at radius 1 is 1.16 bits per heavy atom. The topological polar surface area (TPSA) is 104 Å². The zero-order chi connectivity index (χ0) is 30.2. The maximum Gasteiger partial charge on any atom is 0.282 e. The van der Waals surface area contributed by atoms with Crippen molar-refractivity contribution in [3.8, 4) is 11.6 Å². The van der Waals surface area contributed by atoms with E-state index in [2.05, 4.69) is 30.3 Å². The predicted octanol–water partition coefficient (Wildman–Crippen LogP) is 4.41. The van der Waals surface area contributed by atoms with Crippen LogP contribution in [0.5, 0.6) is 11.6 Å². The van der Waals surface area contributed by atoms with E-state index in [0.717, 1.165) is 70.7 Å². The molecule has 3 aliphatic heterocycles. The Balaban J connectivity index is 1.05. The Bertz CT molecular complexity index is 1330. The summed E-state index contributed by atoms with van der Waals surface area (Å²) >= 11 is 0. The number of piperidine rings is 1. The Morgan fingerprint density at radius 2 is 1.91 bits per heavy atom. The summed E-state index contributed by atoms with van der Waals surface area (Å²) in [5, 5.41) is 11.4. The van der Waals surface area contributed by atoms with Gasteiger partial charge in [0.1, 0.15) is 17.9 Å². The van der Waals surface area contributed by atoms with Crippen LogP contribution in [0, 0.1) is 17.2 Å². The number of carbonyl (C=O) groups is 2. The maximum absolute atomic E-state index is 14.2. The molecule has 6 rings (SSSR count). The van der Waals surface area contributed by atoms with Crippen molar-refractivity contribution in [3.63, 3.8) is 0 Å².